The van der Waals surface area contributed by atoms with Crippen molar-refractivity contribution in [1.82, 2.24) is 19.4 Å². The second-order valence-corrected chi connectivity index (χ2v) is 12.7. The largest absolute Gasteiger partial charge is 0.455 e. The lowest BCUT2D eigenvalue weighted by molar-refractivity contribution is 0.673. The summed E-state index contributed by atoms with van der Waals surface area (Å²) < 4.78 is 9.21. The van der Waals surface area contributed by atoms with Gasteiger partial charge in [-0.05, 0) is 60.5 Å². The van der Waals surface area contributed by atoms with Crippen LogP contribution < -0.4 is 0 Å². The Morgan fingerprint density at radius 1 is 0.647 bits per heavy atom. The van der Waals surface area contributed by atoms with E-state index in [2.05, 4.69) is 101 Å². The molecule has 0 atom stereocenters. The van der Waals surface area contributed by atoms with Crippen LogP contribution in [0.5, 0.6) is 0 Å². The Morgan fingerprint density at radius 2 is 1.33 bits per heavy atom. The number of fused-ring (bicyclic) bond motifs is 10. The van der Waals surface area contributed by atoms with E-state index in [1.165, 1.54) is 32.7 Å². The molecule has 0 spiro atoms. The minimum Gasteiger partial charge on any atom is -0.455 e. The molecule has 238 valence electrons. The maximum Gasteiger partial charge on any atom is 0.164 e. The van der Waals surface area contributed by atoms with Gasteiger partial charge >= 0.3 is 0 Å². The van der Waals surface area contributed by atoms with Gasteiger partial charge in [-0.2, -0.15) is 0 Å². The van der Waals surface area contributed by atoms with Crippen molar-refractivity contribution in [2.75, 3.05) is 0 Å². The SMILES string of the molecule is C#C/C=C\C(=C/C)c1nc(-c2ccccc2)nc(-c2cccc(-c3cccc4oc5c(cc6c7ccccc7n7c8ccccc8c5c67)c34)c2)n1. The molecule has 4 heterocycles. The first-order chi connectivity index (χ1) is 25.2. The van der Waals surface area contributed by atoms with Crippen LogP contribution in [0, 0.1) is 12.3 Å². The third-order valence-electron chi connectivity index (χ3n) is 9.86. The third-order valence-corrected chi connectivity index (χ3v) is 9.86. The van der Waals surface area contributed by atoms with Gasteiger partial charge in [-0.25, -0.2) is 15.0 Å². The van der Waals surface area contributed by atoms with E-state index >= 15 is 0 Å². The molecule has 5 heteroatoms. The molecule has 0 amide bonds. The molecule has 0 saturated heterocycles. The van der Waals surface area contributed by atoms with Crippen LogP contribution in [0.3, 0.4) is 0 Å². The molecule has 0 aliphatic heterocycles. The summed E-state index contributed by atoms with van der Waals surface area (Å²) in [5, 5.41) is 6.97. The van der Waals surface area contributed by atoms with E-state index in [0.29, 0.717) is 17.5 Å². The first-order valence-electron chi connectivity index (χ1n) is 16.9. The molecule has 51 heavy (non-hydrogen) atoms. The molecule has 10 aromatic rings. The van der Waals surface area contributed by atoms with E-state index in [-0.39, 0.29) is 0 Å². The summed E-state index contributed by atoms with van der Waals surface area (Å²) in [6.45, 7) is 1.95. The normalized spacial score (nSPS) is 12.4. The summed E-state index contributed by atoms with van der Waals surface area (Å²) >= 11 is 0. The number of allylic oxidation sites excluding steroid dienone is 4. The third kappa shape index (κ3) is 4.34. The molecule has 0 unspecified atom stereocenters. The van der Waals surface area contributed by atoms with Crippen molar-refractivity contribution in [2.45, 2.75) is 6.92 Å². The van der Waals surface area contributed by atoms with Crippen molar-refractivity contribution in [1.29, 1.82) is 0 Å². The molecule has 5 nitrogen and oxygen atoms in total. The minimum absolute atomic E-state index is 0.558. The lowest BCUT2D eigenvalue weighted by atomic mass is 9.96. The van der Waals surface area contributed by atoms with Crippen LogP contribution in [0.15, 0.2) is 150 Å². The first-order valence-corrected chi connectivity index (χ1v) is 16.9. The van der Waals surface area contributed by atoms with Crippen LogP contribution in [-0.4, -0.2) is 19.4 Å². The minimum atomic E-state index is 0.558. The molecule has 0 aliphatic carbocycles. The highest BCUT2D eigenvalue weighted by Crippen LogP contribution is 2.47. The summed E-state index contributed by atoms with van der Waals surface area (Å²) in [6.07, 6.45) is 11.0. The maximum atomic E-state index is 6.82. The van der Waals surface area contributed by atoms with Gasteiger partial charge in [-0.3, -0.25) is 0 Å². The molecule has 0 saturated carbocycles. The van der Waals surface area contributed by atoms with Crippen LogP contribution in [0.4, 0.5) is 0 Å². The highest BCUT2D eigenvalue weighted by molar-refractivity contribution is 6.33. The molecule has 6 aromatic carbocycles. The molecular weight excluding hydrogens is 625 g/mol. The van der Waals surface area contributed by atoms with Crippen molar-refractivity contribution in [3.8, 4) is 46.2 Å². The number of terminal acetylenes is 1. The fourth-order valence-corrected chi connectivity index (χ4v) is 7.64. The second kappa shape index (κ2) is 11.3. The lowest BCUT2D eigenvalue weighted by Crippen LogP contribution is -2.02. The predicted molar refractivity (Wildman–Crippen MR) is 210 cm³/mol. The number of hydrogen-bond donors (Lipinski definition) is 0. The Morgan fingerprint density at radius 3 is 2.14 bits per heavy atom. The number of hydrogen-bond acceptors (Lipinski definition) is 4. The monoisotopic (exact) mass is 652 g/mol. The second-order valence-electron chi connectivity index (χ2n) is 12.7. The Hall–Kier alpha value is -7.03. The predicted octanol–water partition coefficient (Wildman–Crippen LogP) is 11.5. The zero-order valence-corrected chi connectivity index (χ0v) is 27.6. The molecule has 0 fully saturated rings. The van der Waals surface area contributed by atoms with Crippen molar-refractivity contribution in [2.24, 2.45) is 0 Å². The van der Waals surface area contributed by atoms with Crippen molar-refractivity contribution < 1.29 is 4.42 Å². The topological polar surface area (TPSA) is 56.2 Å². The highest BCUT2D eigenvalue weighted by Gasteiger charge is 2.24. The zero-order chi connectivity index (χ0) is 34.1. The Labute approximate surface area is 293 Å². The number of furan rings is 1. The summed E-state index contributed by atoms with van der Waals surface area (Å²) in [5.41, 5.74) is 10.1. The van der Waals surface area contributed by atoms with Gasteiger partial charge in [-0.1, -0.05) is 109 Å². The number of aromatic nitrogens is 4. The Balaban J connectivity index is 1.21. The average Bonchev–Trinajstić information content (AvgIpc) is 3.85. The maximum absolute atomic E-state index is 6.82. The Kier molecular flexibility index (Phi) is 6.39. The zero-order valence-electron chi connectivity index (χ0n) is 27.6. The molecule has 0 radical (unpaired) electrons. The van der Waals surface area contributed by atoms with Crippen LogP contribution in [-0.2, 0) is 0 Å². The van der Waals surface area contributed by atoms with E-state index < -0.39 is 0 Å². The molecule has 4 aromatic heterocycles. The van der Waals surface area contributed by atoms with Gasteiger partial charge in [0.15, 0.2) is 17.5 Å². The van der Waals surface area contributed by atoms with E-state index in [9.17, 15) is 0 Å². The van der Waals surface area contributed by atoms with Crippen LogP contribution in [0.2, 0.25) is 0 Å². The summed E-state index contributed by atoms with van der Waals surface area (Å²) in [4.78, 5) is 14.8. The van der Waals surface area contributed by atoms with E-state index in [1.807, 2.05) is 55.5 Å². The van der Waals surface area contributed by atoms with Crippen LogP contribution in [0.1, 0.15) is 12.7 Å². The first kappa shape index (κ1) is 28.9. The summed E-state index contributed by atoms with van der Waals surface area (Å²) in [6, 6.07) is 44.3. The smallest absolute Gasteiger partial charge is 0.164 e. The number of nitrogens with zero attached hydrogens (tertiary/aromatic N) is 4. The van der Waals surface area contributed by atoms with E-state index in [4.69, 9.17) is 25.8 Å². The van der Waals surface area contributed by atoms with Gasteiger partial charge in [0.05, 0.1) is 21.9 Å². The summed E-state index contributed by atoms with van der Waals surface area (Å²) in [7, 11) is 0. The quantitative estimate of drug-likeness (QED) is 0.137. The molecule has 0 N–H and O–H groups in total. The van der Waals surface area contributed by atoms with Crippen molar-refractivity contribution in [3.05, 3.63) is 151 Å². The number of para-hydroxylation sites is 2. The highest BCUT2D eigenvalue weighted by atomic mass is 16.3. The van der Waals surface area contributed by atoms with Gasteiger partial charge in [0.25, 0.3) is 0 Å². The molecule has 0 bridgehead atoms. The Bertz CT molecular complexity index is 3100. The summed E-state index contributed by atoms with van der Waals surface area (Å²) in [5.74, 6) is 4.31. The van der Waals surface area contributed by atoms with Crippen LogP contribution >= 0.6 is 0 Å². The standard InChI is InChI=1S/C46H28N4O/c1-3-5-15-28(4-2)44-47-45(29-16-7-6-8-17-29)49-46(48-44)31-19-13-18-30(26-31)32-22-14-25-39-40(32)36-27-35-33-20-9-11-23-37(33)50-38-24-12-10-21-34(38)41(42(35)50)43(36)51-39/h1,4-27H,2H3/b15-5-,28-4+. The lowest BCUT2D eigenvalue weighted by Gasteiger charge is -2.10. The van der Waals surface area contributed by atoms with Gasteiger partial charge in [-0.15, -0.1) is 6.42 Å². The number of benzene rings is 6. The van der Waals surface area contributed by atoms with Crippen LogP contribution in [0.25, 0.3) is 99.5 Å². The van der Waals surface area contributed by atoms with E-state index in [1.54, 1.807) is 6.08 Å². The van der Waals surface area contributed by atoms with Gasteiger partial charge in [0, 0.05) is 43.6 Å². The molecule has 10 rings (SSSR count). The van der Waals surface area contributed by atoms with E-state index in [0.717, 1.165) is 55.2 Å². The number of rotatable bonds is 5. The molecule has 0 aliphatic rings. The fraction of sp³-hybridized carbons (Fsp3) is 0.0217. The molecular formula is C46H28N4O. The van der Waals surface area contributed by atoms with Gasteiger partial charge in [0.2, 0.25) is 0 Å². The van der Waals surface area contributed by atoms with Crippen molar-refractivity contribution >= 4 is 65.6 Å². The van der Waals surface area contributed by atoms with Gasteiger partial charge < -0.3 is 8.82 Å². The van der Waals surface area contributed by atoms with Gasteiger partial charge in [0.1, 0.15) is 11.2 Å². The van der Waals surface area contributed by atoms with Crippen molar-refractivity contribution in [3.63, 3.8) is 0 Å². The average molecular weight is 653 g/mol. The fourth-order valence-electron chi connectivity index (χ4n) is 7.64.